The summed E-state index contributed by atoms with van der Waals surface area (Å²) in [6.45, 7) is 0. The van der Waals surface area contributed by atoms with Gasteiger partial charge >= 0.3 is 6.18 Å². The van der Waals surface area contributed by atoms with Crippen LogP contribution >= 0.6 is 23.1 Å². The fourth-order valence-corrected chi connectivity index (χ4v) is 2.53. The number of nitrogens with zero attached hydrogens (tertiary/aromatic N) is 3. The maximum atomic E-state index is 12.3. The molecule has 9 heteroatoms. The molecule has 0 radical (unpaired) electrons. The molecule has 0 aliphatic rings. The van der Waals surface area contributed by atoms with Crippen molar-refractivity contribution in [2.75, 3.05) is 5.73 Å². The molecule has 0 bridgehead atoms. The first-order valence-electron chi connectivity index (χ1n) is 4.69. The molecule has 0 aliphatic heterocycles. The van der Waals surface area contributed by atoms with Gasteiger partial charge in [0.15, 0.2) is 0 Å². The summed E-state index contributed by atoms with van der Waals surface area (Å²) in [5.74, 6) is 0.479. The van der Waals surface area contributed by atoms with Crippen LogP contribution in [0.2, 0.25) is 0 Å². The number of hydrogen-bond acceptors (Lipinski definition) is 6. The normalized spacial score (nSPS) is 11.7. The first kappa shape index (κ1) is 13.1. The second-order valence-corrected chi connectivity index (χ2v) is 5.29. The molecule has 0 aromatic carbocycles. The summed E-state index contributed by atoms with van der Waals surface area (Å²) in [6, 6.07) is 2.33. The van der Waals surface area contributed by atoms with Crippen molar-refractivity contribution in [1.82, 2.24) is 15.2 Å². The number of halogens is 3. The van der Waals surface area contributed by atoms with E-state index in [1.807, 2.05) is 0 Å². The van der Waals surface area contributed by atoms with Gasteiger partial charge in [0.05, 0.1) is 16.3 Å². The molecule has 18 heavy (non-hydrogen) atoms. The van der Waals surface area contributed by atoms with Gasteiger partial charge in [0.25, 0.3) is 0 Å². The van der Waals surface area contributed by atoms with Crippen molar-refractivity contribution in [2.45, 2.75) is 17.0 Å². The summed E-state index contributed by atoms with van der Waals surface area (Å²) in [6.07, 6.45) is -3.54. The number of alkyl halides is 3. The highest BCUT2D eigenvalue weighted by atomic mass is 32.2. The SMILES string of the molecule is Nc1nnc(CSc2ccc(C(F)(F)F)cn2)s1. The zero-order valence-electron chi connectivity index (χ0n) is 8.81. The van der Waals surface area contributed by atoms with Crippen LogP contribution in [0.15, 0.2) is 23.4 Å². The number of rotatable bonds is 3. The van der Waals surface area contributed by atoms with E-state index in [0.29, 0.717) is 20.9 Å². The minimum absolute atomic E-state index is 0.367. The highest BCUT2D eigenvalue weighted by Gasteiger charge is 2.30. The van der Waals surface area contributed by atoms with E-state index in [2.05, 4.69) is 15.2 Å². The number of hydrogen-bond donors (Lipinski definition) is 1. The Morgan fingerprint density at radius 1 is 1.28 bits per heavy atom. The van der Waals surface area contributed by atoms with Gasteiger partial charge < -0.3 is 5.73 Å². The van der Waals surface area contributed by atoms with E-state index in [1.54, 1.807) is 0 Å². The van der Waals surface area contributed by atoms with Gasteiger partial charge in [0, 0.05) is 6.20 Å². The van der Waals surface area contributed by atoms with Crippen LogP contribution in [0, 0.1) is 0 Å². The maximum absolute atomic E-state index is 12.3. The molecular formula is C9H7F3N4S2. The Balaban J connectivity index is 1.98. The molecule has 0 unspecified atom stereocenters. The number of nitrogen functional groups attached to an aromatic ring is 1. The Morgan fingerprint density at radius 3 is 2.56 bits per heavy atom. The monoisotopic (exact) mass is 292 g/mol. The lowest BCUT2D eigenvalue weighted by Crippen LogP contribution is -2.05. The van der Waals surface area contributed by atoms with Crippen molar-refractivity contribution in [3.05, 3.63) is 28.9 Å². The standard InChI is InChI=1S/C9H7F3N4S2/c10-9(11,12)5-1-2-6(14-3-5)17-4-7-15-16-8(13)18-7/h1-3H,4H2,(H2,13,16). The molecular weight excluding hydrogens is 285 g/mol. The van der Waals surface area contributed by atoms with Crippen molar-refractivity contribution in [1.29, 1.82) is 0 Å². The number of thioether (sulfide) groups is 1. The molecule has 4 nitrogen and oxygen atoms in total. The van der Waals surface area contributed by atoms with Gasteiger partial charge in [-0.2, -0.15) is 13.2 Å². The Hall–Kier alpha value is -1.35. The molecule has 0 saturated heterocycles. The molecule has 0 atom stereocenters. The van der Waals surface area contributed by atoms with Crippen LogP contribution in [0.25, 0.3) is 0 Å². The quantitative estimate of drug-likeness (QED) is 0.881. The molecule has 2 aromatic heterocycles. The van der Waals surface area contributed by atoms with Gasteiger partial charge in [-0.1, -0.05) is 23.1 Å². The fourth-order valence-electron chi connectivity index (χ4n) is 1.09. The first-order chi connectivity index (χ1) is 8.45. The van der Waals surface area contributed by atoms with Gasteiger partial charge in [0.2, 0.25) is 5.13 Å². The molecule has 2 rings (SSSR count). The maximum Gasteiger partial charge on any atom is 0.417 e. The molecule has 0 spiro atoms. The molecule has 2 aromatic rings. The van der Waals surface area contributed by atoms with Crippen LogP contribution in [0.4, 0.5) is 18.3 Å². The van der Waals surface area contributed by atoms with Crippen molar-refractivity contribution < 1.29 is 13.2 Å². The summed E-state index contributed by atoms with van der Waals surface area (Å²) in [5, 5.41) is 9.01. The third-order valence-corrected chi connectivity index (χ3v) is 3.78. The average Bonchev–Trinajstić information content (AvgIpc) is 2.72. The van der Waals surface area contributed by atoms with Gasteiger partial charge in [-0.25, -0.2) is 4.98 Å². The Kier molecular flexibility index (Phi) is 3.71. The van der Waals surface area contributed by atoms with E-state index in [-0.39, 0.29) is 0 Å². The number of nitrogens with two attached hydrogens (primary N) is 1. The Morgan fingerprint density at radius 2 is 2.06 bits per heavy atom. The minimum atomic E-state index is -4.36. The summed E-state index contributed by atoms with van der Waals surface area (Å²) in [4.78, 5) is 3.74. The van der Waals surface area contributed by atoms with Crippen LogP contribution in [0.1, 0.15) is 10.6 Å². The van der Waals surface area contributed by atoms with Crippen molar-refractivity contribution in [3.63, 3.8) is 0 Å². The molecule has 0 saturated carbocycles. The van der Waals surface area contributed by atoms with Crippen LogP contribution < -0.4 is 5.73 Å². The highest BCUT2D eigenvalue weighted by Crippen LogP contribution is 2.30. The van der Waals surface area contributed by atoms with Gasteiger partial charge in [-0.05, 0) is 12.1 Å². The van der Waals surface area contributed by atoms with Crippen molar-refractivity contribution in [3.8, 4) is 0 Å². The topological polar surface area (TPSA) is 64.7 Å². The number of pyridine rings is 1. The van der Waals surface area contributed by atoms with E-state index in [0.717, 1.165) is 12.3 Å². The largest absolute Gasteiger partial charge is 0.417 e. The molecule has 0 aliphatic carbocycles. The lowest BCUT2D eigenvalue weighted by Gasteiger charge is -2.05. The number of anilines is 1. The summed E-state index contributed by atoms with van der Waals surface area (Å²) < 4.78 is 36.9. The summed E-state index contributed by atoms with van der Waals surface area (Å²) in [5.41, 5.74) is 4.65. The van der Waals surface area contributed by atoms with Crippen molar-refractivity contribution in [2.24, 2.45) is 0 Å². The van der Waals surface area contributed by atoms with E-state index in [4.69, 9.17) is 5.73 Å². The van der Waals surface area contributed by atoms with Crippen LogP contribution in [-0.2, 0) is 11.9 Å². The highest BCUT2D eigenvalue weighted by molar-refractivity contribution is 7.98. The van der Waals surface area contributed by atoms with E-state index in [9.17, 15) is 13.2 Å². The first-order valence-corrected chi connectivity index (χ1v) is 6.49. The fraction of sp³-hybridized carbons (Fsp3) is 0.222. The molecule has 2 heterocycles. The average molecular weight is 292 g/mol. The van der Waals surface area contributed by atoms with Gasteiger partial charge in [-0.15, -0.1) is 10.2 Å². The third-order valence-electron chi connectivity index (χ3n) is 1.89. The van der Waals surface area contributed by atoms with Crippen LogP contribution in [0.5, 0.6) is 0 Å². The van der Waals surface area contributed by atoms with Gasteiger partial charge in [0.1, 0.15) is 5.01 Å². The Labute approximate surface area is 108 Å². The lowest BCUT2D eigenvalue weighted by molar-refractivity contribution is -0.137. The second kappa shape index (κ2) is 5.11. The second-order valence-electron chi connectivity index (χ2n) is 3.21. The third kappa shape index (κ3) is 3.33. The van der Waals surface area contributed by atoms with Gasteiger partial charge in [-0.3, -0.25) is 0 Å². The van der Waals surface area contributed by atoms with Crippen molar-refractivity contribution >= 4 is 28.2 Å². The molecule has 96 valence electrons. The van der Waals surface area contributed by atoms with E-state index >= 15 is 0 Å². The minimum Gasteiger partial charge on any atom is -0.374 e. The zero-order valence-corrected chi connectivity index (χ0v) is 10.4. The zero-order chi connectivity index (χ0) is 13.2. The smallest absolute Gasteiger partial charge is 0.374 e. The summed E-state index contributed by atoms with van der Waals surface area (Å²) >= 11 is 2.52. The predicted octanol–water partition coefficient (Wildman–Crippen LogP) is 2.83. The number of aromatic nitrogens is 3. The summed E-state index contributed by atoms with van der Waals surface area (Å²) in [7, 11) is 0. The molecule has 0 fully saturated rings. The molecule has 0 amide bonds. The van der Waals surface area contributed by atoms with Crippen LogP contribution in [-0.4, -0.2) is 15.2 Å². The lowest BCUT2D eigenvalue weighted by atomic mass is 10.3. The molecule has 2 N–H and O–H groups in total. The van der Waals surface area contributed by atoms with E-state index in [1.165, 1.54) is 29.2 Å². The predicted molar refractivity (Wildman–Crippen MR) is 63.1 cm³/mol. The Bertz CT molecular complexity index is 523. The van der Waals surface area contributed by atoms with E-state index < -0.39 is 11.7 Å². The van der Waals surface area contributed by atoms with Crippen LogP contribution in [0.3, 0.4) is 0 Å².